The van der Waals surface area contributed by atoms with Gasteiger partial charge in [-0.2, -0.15) is 0 Å². The lowest BCUT2D eigenvalue weighted by molar-refractivity contribution is -0.0806. The van der Waals surface area contributed by atoms with Crippen LogP contribution in [0.1, 0.15) is 54.8 Å². The Hall–Kier alpha value is -1.33. The molecule has 1 aromatic heterocycles. The van der Waals surface area contributed by atoms with Crippen LogP contribution in [0, 0.1) is 11.8 Å². The van der Waals surface area contributed by atoms with Crippen molar-refractivity contribution in [2.24, 2.45) is 17.6 Å². The first-order valence-corrected chi connectivity index (χ1v) is 7.32. The lowest BCUT2D eigenvalue weighted by Gasteiger charge is -2.46. The number of aromatic carboxylic acids is 1. The molecule has 4 unspecified atom stereocenters. The van der Waals surface area contributed by atoms with Gasteiger partial charge in [-0.15, -0.1) is 0 Å². The third-order valence-electron chi connectivity index (χ3n) is 5.05. The summed E-state index contributed by atoms with van der Waals surface area (Å²) in [4.78, 5) is 10.9. The number of furan rings is 1. The minimum atomic E-state index is -1.23. The summed E-state index contributed by atoms with van der Waals surface area (Å²) in [5.74, 6) is 0.0810. The zero-order chi connectivity index (χ0) is 14.3. The Labute approximate surface area is 117 Å². The van der Waals surface area contributed by atoms with Crippen molar-refractivity contribution in [1.29, 1.82) is 0 Å². The van der Waals surface area contributed by atoms with Gasteiger partial charge in [-0.25, -0.2) is 4.79 Å². The summed E-state index contributed by atoms with van der Waals surface area (Å²) in [5.41, 5.74) is 4.95. The maximum Gasteiger partial charge on any atom is 0.371 e. The average molecular weight is 279 g/mol. The first-order chi connectivity index (χ1) is 9.50. The molecule has 0 spiro atoms. The molecule has 1 aromatic rings. The summed E-state index contributed by atoms with van der Waals surface area (Å²) in [7, 11) is 0. The summed E-state index contributed by atoms with van der Waals surface area (Å²) >= 11 is 0. The van der Waals surface area contributed by atoms with Gasteiger partial charge in [0.1, 0.15) is 11.4 Å². The molecule has 4 atom stereocenters. The predicted molar refractivity (Wildman–Crippen MR) is 72.2 cm³/mol. The minimum Gasteiger partial charge on any atom is -0.475 e. The number of fused-ring (bicyclic) bond motifs is 1. The van der Waals surface area contributed by atoms with Crippen LogP contribution in [0.25, 0.3) is 0 Å². The van der Waals surface area contributed by atoms with E-state index in [0.29, 0.717) is 24.0 Å². The SMILES string of the molecule is NC1CC2CCCCC2CC1(O)c1ccc(C(=O)O)o1. The first-order valence-electron chi connectivity index (χ1n) is 7.32. The summed E-state index contributed by atoms with van der Waals surface area (Å²) in [5, 5.41) is 19.9. The molecule has 2 fully saturated rings. The third-order valence-corrected chi connectivity index (χ3v) is 5.05. The Kier molecular flexibility index (Phi) is 3.34. The van der Waals surface area contributed by atoms with Crippen molar-refractivity contribution < 1.29 is 19.4 Å². The molecule has 110 valence electrons. The number of rotatable bonds is 2. The van der Waals surface area contributed by atoms with Crippen LogP contribution in [0.4, 0.5) is 0 Å². The van der Waals surface area contributed by atoms with E-state index in [9.17, 15) is 9.90 Å². The van der Waals surface area contributed by atoms with Gasteiger partial charge in [0.2, 0.25) is 5.76 Å². The Balaban J connectivity index is 1.87. The standard InChI is InChI=1S/C15H21NO4/c16-12-7-9-3-1-2-4-10(9)8-15(12,19)13-6-5-11(20-13)14(17)18/h5-6,9-10,12,19H,1-4,7-8,16H2,(H,17,18). The molecule has 0 radical (unpaired) electrons. The molecule has 20 heavy (non-hydrogen) atoms. The van der Waals surface area contributed by atoms with Crippen LogP contribution >= 0.6 is 0 Å². The van der Waals surface area contributed by atoms with Crippen LogP contribution in [-0.2, 0) is 5.60 Å². The topological polar surface area (TPSA) is 96.7 Å². The van der Waals surface area contributed by atoms with E-state index in [1.54, 1.807) is 6.07 Å². The average Bonchev–Trinajstić information content (AvgIpc) is 2.90. The third kappa shape index (κ3) is 2.15. The Morgan fingerprint density at radius 2 is 2.00 bits per heavy atom. The summed E-state index contributed by atoms with van der Waals surface area (Å²) < 4.78 is 5.31. The van der Waals surface area contributed by atoms with Crippen LogP contribution < -0.4 is 5.73 Å². The molecule has 5 heteroatoms. The van der Waals surface area contributed by atoms with Gasteiger partial charge in [-0.3, -0.25) is 0 Å². The maximum absolute atomic E-state index is 10.9. The Morgan fingerprint density at radius 1 is 1.30 bits per heavy atom. The van der Waals surface area contributed by atoms with Crippen LogP contribution in [0.15, 0.2) is 16.5 Å². The fraction of sp³-hybridized carbons (Fsp3) is 0.667. The highest BCUT2D eigenvalue weighted by atomic mass is 16.4. The normalized spacial score (nSPS) is 37.4. The smallest absolute Gasteiger partial charge is 0.371 e. The molecule has 2 saturated carbocycles. The van der Waals surface area contributed by atoms with Gasteiger partial charge in [0.05, 0.1) is 0 Å². The monoisotopic (exact) mass is 279 g/mol. The molecule has 0 aromatic carbocycles. The van der Waals surface area contributed by atoms with Gasteiger partial charge in [0, 0.05) is 6.04 Å². The highest BCUT2D eigenvalue weighted by molar-refractivity contribution is 5.84. The second kappa shape index (κ2) is 4.90. The highest BCUT2D eigenvalue weighted by Crippen LogP contribution is 2.47. The quantitative estimate of drug-likeness (QED) is 0.770. The van der Waals surface area contributed by atoms with Crippen molar-refractivity contribution in [3.63, 3.8) is 0 Å². The Bertz CT molecular complexity index is 512. The highest BCUT2D eigenvalue weighted by Gasteiger charge is 2.48. The first kappa shape index (κ1) is 13.6. The van der Waals surface area contributed by atoms with Crippen LogP contribution in [0.5, 0.6) is 0 Å². The maximum atomic E-state index is 10.9. The second-order valence-corrected chi connectivity index (χ2v) is 6.24. The number of nitrogens with two attached hydrogens (primary N) is 1. The number of carboxylic acids is 1. The number of carbonyl (C=O) groups is 1. The van der Waals surface area contributed by atoms with E-state index >= 15 is 0 Å². The molecule has 2 aliphatic rings. The fourth-order valence-corrected chi connectivity index (χ4v) is 3.90. The number of hydrogen-bond donors (Lipinski definition) is 3. The van der Waals surface area contributed by atoms with Crippen molar-refractivity contribution >= 4 is 5.97 Å². The zero-order valence-corrected chi connectivity index (χ0v) is 11.4. The molecule has 2 aliphatic carbocycles. The van der Waals surface area contributed by atoms with E-state index in [0.717, 1.165) is 12.8 Å². The van der Waals surface area contributed by atoms with E-state index in [1.807, 2.05) is 0 Å². The number of hydrogen-bond acceptors (Lipinski definition) is 4. The molecule has 0 saturated heterocycles. The van der Waals surface area contributed by atoms with Gasteiger partial charge < -0.3 is 20.4 Å². The van der Waals surface area contributed by atoms with Crippen molar-refractivity contribution in [3.8, 4) is 0 Å². The van der Waals surface area contributed by atoms with Crippen LogP contribution in [0.2, 0.25) is 0 Å². The molecule has 0 bridgehead atoms. The van der Waals surface area contributed by atoms with Gasteiger partial charge in [0.25, 0.3) is 0 Å². The summed E-state index contributed by atoms with van der Waals surface area (Å²) in [6, 6.07) is 2.54. The number of aliphatic hydroxyl groups is 1. The van der Waals surface area contributed by atoms with E-state index < -0.39 is 17.6 Å². The van der Waals surface area contributed by atoms with E-state index in [4.69, 9.17) is 15.3 Å². The van der Waals surface area contributed by atoms with E-state index in [1.165, 1.54) is 25.3 Å². The molecular formula is C15H21NO4. The summed E-state index contributed by atoms with van der Waals surface area (Å²) in [6.07, 6.45) is 6.11. The van der Waals surface area contributed by atoms with Crippen LogP contribution in [0.3, 0.4) is 0 Å². The fourth-order valence-electron chi connectivity index (χ4n) is 3.90. The molecular weight excluding hydrogens is 258 g/mol. The van der Waals surface area contributed by atoms with Crippen molar-refractivity contribution in [2.75, 3.05) is 0 Å². The second-order valence-electron chi connectivity index (χ2n) is 6.24. The molecule has 3 rings (SSSR count). The molecule has 5 nitrogen and oxygen atoms in total. The van der Waals surface area contributed by atoms with Gasteiger partial charge in [-0.05, 0) is 36.8 Å². The molecule has 1 heterocycles. The lowest BCUT2D eigenvalue weighted by Crippen LogP contribution is -2.53. The van der Waals surface area contributed by atoms with Gasteiger partial charge >= 0.3 is 5.97 Å². The lowest BCUT2D eigenvalue weighted by atomic mass is 9.63. The molecule has 0 aliphatic heterocycles. The van der Waals surface area contributed by atoms with Crippen molar-refractivity contribution in [3.05, 3.63) is 23.7 Å². The van der Waals surface area contributed by atoms with Crippen molar-refractivity contribution in [1.82, 2.24) is 0 Å². The Morgan fingerprint density at radius 3 is 2.65 bits per heavy atom. The van der Waals surface area contributed by atoms with Crippen LogP contribution in [-0.4, -0.2) is 22.2 Å². The van der Waals surface area contributed by atoms with E-state index in [-0.39, 0.29) is 5.76 Å². The zero-order valence-electron chi connectivity index (χ0n) is 11.4. The van der Waals surface area contributed by atoms with E-state index in [2.05, 4.69) is 0 Å². The molecule has 4 N–H and O–H groups in total. The van der Waals surface area contributed by atoms with Gasteiger partial charge in [0.15, 0.2) is 0 Å². The molecule has 0 amide bonds. The summed E-state index contributed by atoms with van der Waals surface area (Å²) in [6.45, 7) is 0. The largest absolute Gasteiger partial charge is 0.475 e. The number of carboxylic acid groups (broad SMARTS) is 1. The predicted octanol–water partition coefficient (Wildman–Crippen LogP) is 2.09. The van der Waals surface area contributed by atoms with Gasteiger partial charge in [-0.1, -0.05) is 25.7 Å². The van der Waals surface area contributed by atoms with Crippen molar-refractivity contribution in [2.45, 2.75) is 50.2 Å². The minimum absolute atomic E-state index is 0.147.